The van der Waals surface area contributed by atoms with Crippen molar-refractivity contribution in [3.05, 3.63) is 28.8 Å². The first-order chi connectivity index (χ1) is 7.66. The topological polar surface area (TPSA) is 44.7 Å². The second-order valence-electron chi connectivity index (χ2n) is 4.28. The molecule has 2 aliphatic heterocycles. The largest absolute Gasteiger partial charge is 0.303 e. The van der Waals surface area contributed by atoms with Crippen molar-refractivity contribution < 1.29 is 4.79 Å². The van der Waals surface area contributed by atoms with E-state index in [0.29, 0.717) is 19.0 Å². The highest BCUT2D eigenvalue weighted by Gasteiger charge is 2.31. The highest BCUT2D eigenvalue weighted by molar-refractivity contribution is 6.15. The molecule has 0 unspecified atom stereocenters. The number of carbonyl (C=O) groups excluding carboxylic acids is 1. The SMILES string of the molecule is Cc1ccc2c(c1C)CN=C1NC(=O)CN12. The van der Waals surface area contributed by atoms with E-state index in [1.807, 2.05) is 4.90 Å². The summed E-state index contributed by atoms with van der Waals surface area (Å²) >= 11 is 0. The lowest BCUT2D eigenvalue weighted by atomic mass is 10.00. The number of nitrogens with zero attached hydrogens (tertiary/aromatic N) is 2. The molecule has 1 saturated heterocycles. The standard InChI is InChI=1S/C12H13N3O/c1-7-3-4-10-9(8(7)2)5-13-12-14-11(16)6-15(10)12/h3-4H,5-6H2,1-2H3,(H,13,14,16). The Morgan fingerprint density at radius 1 is 1.38 bits per heavy atom. The molecule has 0 bridgehead atoms. The van der Waals surface area contributed by atoms with E-state index in [9.17, 15) is 4.79 Å². The van der Waals surface area contributed by atoms with E-state index < -0.39 is 0 Å². The van der Waals surface area contributed by atoms with Crippen LogP contribution in [-0.2, 0) is 11.3 Å². The predicted molar refractivity (Wildman–Crippen MR) is 62.5 cm³/mol. The van der Waals surface area contributed by atoms with Crippen LogP contribution in [-0.4, -0.2) is 18.4 Å². The molecular formula is C12H13N3O. The zero-order chi connectivity index (χ0) is 11.3. The normalized spacial score (nSPS) is 17.8. The zero-order valence-electron chi connectivity index (χ0n) is 9.37. The third kappa shape index (κ3) is 1.16. The summed E-state index contributed by atoms with van der Waals surface area (Å²) in [6.45, 7) is 5.26. The van der Waals surface area contributed by atoms with Gasteiger partial charge >= 0.3 is 0 Å². The molecule has 0 saturated carbocycles. The van der Waals surface area contributed by atoms with Gasteiger partial charge in [0.2, 0.25) is 11.9 Å². The molecule has 2 aliphatic rings. The maximum atomic E-state index is 11.3. The minimum Gasteiger partial charge on any atom is -0.303 e. The van der Waals surface area contributed by atoms with Crippen molar-refractivity contribution in [1.82, 2.24) is 5.32 Å². The summed E-state index contributed by atoms with van der Waals surface area (Å²) in [6, 6.07) is 4.17. The molecule has 1 fully saturated rings. The van der Waals surface area contributed by atoms with Crippen LogP contribution in [0.2, 0.25) is 0 Å². The van der Waals surface area contributed by atoms with Crippen LogP contribution in [0.1, 0.15) is 16.7 Å². The molecule has 4 nitrogen and oxygen atoms in total. The number of rotatable bonds is 0. The minimum absolute atomic E-state index is 0.0184. The van der Waals surface area contributed by atoms with E-state index in [-0.39, 0.29) is 5.91 Å². The van der Waals surface area contributed by atoms with Crippen molar-refractivity contribution >= 4 is 17.6 Å². The van der Waals surface area contributed by atoms with Crippen molar-refractivity contribution in [3.63, 3.8) is 0 Å². The highest BCUT2D eigenvalue weighted by atomic mass is 16.2. The lowest BCUT2D eigenvalue weighted by Gasteiger charge is -2.26. The van der Waals surface area contributed by atoms with Gasteiger partial charge in [0.1, 0.15) is 6.54 Å². The van der Waals surface area contributed by atoms with Gasteiger partial charge < -0.3 is 4.90 Å². The Labute approximate surface area is 94.0 Å². The number of aryl methyl sites for hydroxylation is 1. The van der Waals surface area contributed by atoms with E-state index in [4.69, 9.17) is 0 Å². The third-order valence-corrected chi connectivity index (χ3v) is 3.33. The number of hydrogen-bond acceptors (Lipinski definition) is 3. The van der Waals surface area contributed by atoms with Gasteiger partial charge in [-0.15, -0.1) is 0 Å². The fourth-order valence-electron chi connectivity index (χ4n) is 2.24. The molecule has 16 heavy (non-hydrogen) atoms. The van der Waals surface area contributed by atoms with E-state index >= 15 is 0 Å². The lowest BCUT2D eigenvalue weighted by molar-refractivity contribution is -0.117. The van der Waals surface area contributed by atoms with Gasteiger partial charge in [0, 0.05) is 11.3 Å². The number of carbonyl (C=O) groups is 1. The maximum Gasteiger partial charge on any atom is 0.246 e. The molecule has 82 valence electrons. The van der Waals surface area contributed by atoms with Crippen LogP contribution in [0.5, 0.6) is 0 Å². The van der Waals surface area contributed by atoms with Crippen molar-refractivity contribution in [2.45, 2.75) is 20.4 Å². The number of hydrogen-bond donors (Lipinski definition) is 1. The summed E-state index contributed by atoms with van der Waals surface area (Å²) in [4.78, 5) is 17.7. The van der Waals surface area contributed by atoms with Crippen LogP contribution in [0.3, 0.4) is 0 Å². The molecule has 0 atom stereocenters. The van der Waals surface area contributed by atoms with Crippen LogP contribution >= 0.6 is 0 Å². The Morgan fingerprint density at radius 3 is 3.00 bits per heavy atom. The molecule has 1 N–H and O–H groups in total. The second kappa shape index (κ2) is 3.07. The van der Waals surface area contributed by atoms with Gasteiger partial charge in [-0.2, -0.15) is 0 Å². The second-order valence-corrected chi connectivity index (χ2v) is 4.28. The molecule has 2 heterocycles. The molecule has 1 aromatic carbocycles. The van der Waals surface area contributed by atoms with E-state index in [2.05, 4.69) is 36.3 Å². The first-order valence-corrected chi connectivity index (χ1v) is 5.38. The van der Waals surface area contributed by atoms with E-state index in [0.717, 1.165) is 5.69 Å². The summed E-state index contributed by atoms with van der Waals surface area (Å²) in [7, 11) is 0. The fraction of sp³-hybridized carbons (Fsp3) is 0.333. The van der Waals surface area contributed by atoms with E-state index in [1.54, 1.807) is 0 Å². The smallest absolute Gasteiger partial charge is 0.246 e. The summed E-state index contributed by atoms with van der Waals surface area (Å²) in [5.74, 6) is 0.714. The quantitative estimate of drug-likeness (QED) is 0.704. The monoisotopic (exact) mass is 215 g/mol. The van der Waals surface area contributed by atoms with Crippen LogP contribution in [0, 0.1) is 13.8 Å². The number of guanidine groups is 1. The van der Waals surface area contributed by atoms with Crippen LogP contribution < -0.4 is 10.2 Å². The van der Waals surface area contributed by atoms with Gasteiger partial charge in [0.25, 0.3) is 0 Å². The lowest BCUT2D eigenvalue weighted by Crippen LogP contribution is -2.33. The Bertz CT molecular complexity index is 519. The van der Waals surface area contributed by atoms with Crippen LogP contribution in [0.25, 0.3) is 0 Å². The highest BCUT2D eigenvalue weighted by Crippen LogP contribution is 2.31. The molecule has 0 aliphatic carbocycles. The van der Waals surface area contributed by atoms with Crippen LogP contribution in [0.15, 0.2) is 17.1 Å². The maximum absolute atomic E-state index is 11.3. The molecule has 1 aromatic rings. The summed E-state index contributed by atoms with van der Waals surface area (Å²) < 4.78 is 0. The molecule has 1 amide bonds. The Hall–Kier alpha value is -1.84. The number of amides is 1. The average Bonchev–Trinajstić information content (AvgIpc) is 2.63. The first kappa shape index (κ1) is 9.39. The molecule has 0 radical (unpaired) electrons. The minimum atomic E-state index is 0.0184. The van der Waals surface area contributed by atoms with Gasteiger partial charge in [0.15, 0.2) is 0 Å². The first-order valence-electron chi connectivity index (χ1n) is 5.38. The van der Waals surface area contributed by atoms with Crippen molar-refractivity contribution in [2.24, 2.45) is 4.99 Å². The summed E-state index contributed by atoms with van der Waals surface area (Å²) in [5, 5.41) is 2.77. The number of anilines is 1. The van der Waals surface area contributed by atoms with Gasteiger partial charge in [-0.1, -0.05) is 6.07 Å². The van der Waals surface area contributed by atoms with E-state index in [1.165, 1.54) is 16.7 Å². The van der Waals surface area contributed by atoms with Crippen molar-refractivity contribution in [2.75, 3.05) is 11.4 Å². The molecule has 3 rings (SSSR count). The number of fused-ring (bicyclic) bond motifs is 3. The molecule has 4 heteroatoms. The van der Waals surface area contributed by atoms with Crippen molar-refractivity contribution in [1.29, 1.82) is 0 Å². The number of nitrogens with one attached hydrogen (secondary N) is 1. The third-order valence-electron chi connectivity index (χ3n) is 3.33. The zero-order valence-corrected chi connectivity index (χ0v) is 9.37. The Kier molecular flexibility index (Phi) is 1.80. The molecule has 0 aromatic heterocycles. The van der Waals surface area contributed by atoms with Gasteiger partial charge in [-0.05, 0) is 31.0 Å². The fourth-order valence-corrected chi connectivity index (χ4v) is 2.24. The molecule has 0 spiro atoms. The van der Waals surface area contributed by atoms with Gasteiger partial charge in [-0.3, -0.25) is 10.1 Å². The summed E-state index contributed by atoms with van der Waals surface area (Å²) in [5.41, 5.74) is 4.90. The Morgan fingerprint density at radius 2 is 2.19 bits per heavy atom. The Balaban J connectivity index is 2.15. The van der Waals surface area contributed by atoms with Crippen LogP contribution in [0.4, 0.5) is 5.69 Å². The van der Waals surface area contributed by atoms with Gasteiger partial charge in [0.05, 0.1) is 6.54 Å². The van der Waals surface area contributed by atoms with Crippen molar-refractivity contribution in [3.8, 4) is 0 Å². The predicted octanol–water partition coefficient (Wildman–Crippen LogP) is 1.11. The summed E-state index contributed by atoms with van der Waals surface area (Å²) in [6.07, 6.45) is 0. The number of benzene rings is 1. The van der Waals surface area contributed by atoms with Gasteiger partial charge in [-0.25, -0.2) is 4.99 Å². The average molecular weight is 215 g/mol. The molecular weight excluding hydrogens is 202 g/mol. The number of aliphatic imine (C=N–C) groups is 1.